The molecule has 0 fully saturated rings. The summed E-state index contributed by atoms with van der Waals surface area (Å²) < 4.78 is 11.1. The molecule has 0 aliphatic carbocycles. The molecule has 1 aromatic carbocycles. The summed E-state index contributed by atoms with van der Waals surface area (Å²) in [5.74, 6) is -0.189. The molecule has 1 aromatic rings. The van der Waals surface area contributed by atoms with Gasteiger partial charge in [-0.1, -0.05) is 13.8 Å². The van der Waals surface area contributed by atoms with Crippen molar-refractivity contribution in [1.29, 1.82) is 0 Å². The van der Waals surface area contributed by atoms with E-state index < -0.39 is 11.8 Å². The van der Waals surface area contributed by atoms with Gasteiger partial charge < -0.3 is 14.8 Å². The zero-order valence-electron chi connectivity index (χ0n) is 13.5. The van der Waals surface area contributed by atoms with Crippen molar-refractivity contribution in [3.8, 4) is 11.5 Å². The van der Waals surface area contributed by atoms with Crippen molar-refractivity contribution in [3.05, 3.63) is 22.2 Å². The molecule has 0 radical (unpaired) electrons. The first-order chi connectivity index (χ1) is 10.9. The van der Waals surface area contributed by atoms with Crippen LogP contribution in [-0.4, -0.2) is 38.8 Å². The summed E-state index contributed by atoms with van der Waals surface area (Å²) in [7, 11) is 3.06. The lowest BCUT2D eigenvalue weighted by Crippen LogP contribution is -2.39. The predicted molar refractivity (Wildman–Crippen MR) is 90.8 cm³/mol. The van der Waals surface area contributed by atoms with Crippen LogP contribution in [-0.2, 0) is 9.59 Å². The average molecular weight is 386 g/mol. The zero-order chi connectivity index (χ0) is 17.4. The smallest absolute Gasteiger partial charge is 0.329 e. The Hall–Kier alpha value is -2.09. The number of hydrogen-bond donors (Lipinski definition) is 2. The second kappa shape index (κ2) is 9.14. The fourth-order valence-corrected chi connectivity index (χ4v) is 1.98. The Balaban J connectivity index is 2.71. The first-order valence-corrected chi connectivity index (χ1v) is 7.71. The Morgan fingerprint density at radius 1 is 1.22 bits per heavy atom. The van der Waals surface area contributed by atoms with E-state index >= 15 is 0 Å². The lowest BCUT2D eigenvalue weighted by Gasteiger charge is -2.09. The molecule has 0 unspecified atom stereocenters. The van der Waals surface area contributed by atoms with Crippen molar-refractivity contribution in [2.75, 3.05) is 20.8 Å². The summed E-state index contributed by atoms with van der Waals surface area (Å²) in [6.45, 7) is 4.30. The van der Waals surface area contributed by atoms with Crippen molar-refractivity contribution in [2.45, 2.75) is 13.8 Å². The number of methoxy groups -OCH3 is 2. The van der Waals surface area contributed by atoms with Gasteiger partial charge in [0.1, 0.15) is 0 Å². The fraction of sp³-hybridized carbons (Fsp3) is 0.400. The van der Waals surface area contributed by atoms with Crippen molar-refractivity contribution in [1.82, 2.24) is 10.7 Å². The van der Waals surface area contributed by atoms with Crippen LogP contribution in [0.5, 0.6) is 11.5 Å². The number of halogens is 1. The molecule has 2 amide bonds. The topological polar surface area (TPSA) is 89.0 Å². The number of amides is 2. The molecule has 0 atom stereocenters. The molecule has 0 saturated heterocycles. The normalized spacial score (nSPS) is 10.7. The van der Waals surface area contributed by atoms with Crippen molar-refractivity contribution in [2.24, 2.45) is 11.0 Å². The van der Waals surface area contributed by atoms with Crippen LogP contribution in [0, 0.1) is 5.92 Å². The Kier molecular flexibility index (Phi) is 7.53. The molecule has 0 saturated carbocycles. The van der Waals surface area contributed by atoms with Crippen LogP contribution in [0.4, 0.5) is 0 Å². The summed E-state index contributed by atoms with van der Waals surface area (Å²) in [5, 5.41) is 6.27. The molecule has 0 aromatic heterocycles. The standard InChI is InChI=1S/C15H20BrN3O4/c1-9(2)7-17-14(20)15(21)19-18-8-10-5-12(22-3)13(23-4)6-11(10)16/h5-6,8-9H,7H2,1-4H3,(H,17,20)(H,19,21)/b18-8-. The largest absolute Gasteiger partial charge is 0.493 e. The minimum Gasteiger partial charge on any atom is -0.493 e. The lowest BCUT2D eigenvalue weighted by molar-refractivity contribution is -0.139. The second-order valence-corrected chi connectivity index (χ2v) is 5.89. The number of benzene rings is 1. The summed E-state index contributed by atoms with van der Waals surface area (Å²) in [5.41, 5.74) is 2.83. The van der Waals surface area contributed by atoms with Crippen molar-refractivity contribution < 1.29 is 19.1 Å². The van der Waals surface area contributed by atoms with Gasteiger partial charge in [0, 0.05) is 16.6 Å². The zero-order valence-corrected chi connectivity index (χ0v) is 15.1. The average Bonchev–Trinajstić information content (AvgIpc) is 2.53. The summed E-state index contributed by atoms with van der Waals surface area (Å²) in [6, 6.07) is 3.41. The van der Waals surface area contributed by atoms with Crippen LogP contribution in [0.3, 0.4) is 0 Å². The van der Waals surface area contributed by atoms with Crippen LogP contribution in [0.1, 0.15) is 19.4 Å². The van der Waals surface area contributed by atoms with E-state index in [9.17, 15) is 9.59 Å². The van der Waals surface area contributed by atoms with Crippen LogP contribution < -0.4 is 20.2 Å². The second-order valence-electron chi connectivity index (χ2n) is 5.03. The summed E-state index contributed by atoms with van der Waals surface area (Å²) in [6.07, 6.45) is 1.40. The lowest BCUT2D eigenvalue weighted by atomic mass is 10.2. The molecule has 0 aliphatic heterocycles. The maximum absolute atomic E-state index is 11.6. The molecule has 23 heavy (non-hydrogen) atoms. The predicted octanol–water partition coefficient (Wildman–Crippen LogP) is 1.69. The van der Waals surface area contributed by atoms with E-state index in [4.69, 9.17) is 9.47 Å². The number of ether oxygens (including phenoxy) is 2. The van der Waals surface area contributed by atoms with E-state index in [0.29, 0.717) is 28.1 Å². The molecule has 8 heteroatoms. The van der Waals surface area contributed by atoms with E-state index in [1.54, 1.807) is 12.1 Å². The third kappa shape index (κ3) is 5.90. The molecule has 7 nitrogen and oxygen atoms in total. The van der Waals surface area contributed by atoms with Gasteiger partial charge in [0.25, 0.3) is 0 Å². The molecular formula is C15H20BrN3O4. The minimum absolute atomic E-state index is 0.262. The number of carbonyl (C=O) groups excluding carboxylic acids is 2. The highest BCUT2D eigenvalue weighted by Gasteiger charge is 2.12. The first kappa shape index (κ1) is 19.0. The molecule has 0 aliphatic rings. The number of hydrogen-bond acceptors (Lipinski definition) is 5. The van der Waals surface area contributed by atoms with Gasteiger partial charge in [0.05, 0.1) is 20.4 Å². The number of nitrogens with zero attached hydrogens (tertiary/aromatic N) is 1. The van der Waals surface area contributed by atoms with Crippen molar-refractivity contribution >= 4 is 34.0 Å². The van der Waals surface area contributed by atoms with Gasteiger partial charge in [-0.3, -0.25) is 9.59 Å². The van der Waals surface area contributed by atoms with Gasteiger partial charge in [0.15, 0.2) is 11.5 Å². The van der Waals surface area contributed by atoms with E-state index in [-0.39, 0.29) is 5.92 Å². The maximum Gasteiger partial charge on any atom is 0.329 e. The summed E-state index contributed by atoms with van der Waals surface area (Å²) in [4.78, 5) is 23.1. The van der Waals surface area contributed by atoms with Crippen molar-refractivity contribution in [3.63, 3.8) is 0 Å². The Bertz CT molecular complexity index is 603. The number of rotatable bonds is 6. The minimum atomic E-state index is -0.821. The number of hydrazone groups is 1. The third-order valence-electron chi connectivity index (χ3n) is 2.75. The number of nitrogens with one attached hydrogen (secondary N) is 2. The van der Waals surface area contributed by atoms with Crippen LogP contribution >= 0.6 is 15.9 Å². The van der Waals surface area contributed by atoms with E-state index in [0.717, 1.165) is 0 Å². The molecule has 1 rings (SSSR count). The fourth-order valence-electron chi connectivity index (χ4n) is 1.56. The Morgan fingerprint density at radius 3 is 2.39 bits per heavy atom. The molecular weight excluding hydrogens is 366 g/mol. The molecule has 0 heterocycles. The Morgan fingerprint density at radius 2 is 1.83 bits per heavy atom. The molecule has 126 valence electrons. The van der Waals surface area contributed by atoms with Gasteiger partial charge in [-0.2, -0.15) is 5.10 Å². The van der Waals surface area contributed by atoms with E-state index in [1.807, 2.05) is 13.8 Å². The SMILES string of the molecule is COc1cc(Br)c(/C=N\NC(=O)C(=O)NCC(C)C)cc1OC. The van der Waals surface area contributed by atoms with E-state index in [2.05, 4.69) is 31.8 Å². The maximum atomic E-state index is 11.6. The van der Waals surface area contributed by atoms with Gasteiger partial charge in [0.2, 0.25) is 0 Å². The summed E-state index contributed by atoms with van der Waals surface area (Å²) >= 11 is 3.37. The highest BCUT2D eigenvalue weighted by atomic mass is 79.9. The van der Waals surface area contributed by atoms with Crippen LogP contribution in [0.2, 0.25) is 0 Å². The molecule has 0 spiro atoms. The number of carbonyl (C=O) groups is 2. The van der Waals surface area contributed by atoms with Gasteiger partial charge >= 0.3 is 11.8 Å². The highest BCUT2D eigenvalue weighted by molar-refractivity contribution is 9.10. The van der Waals surface area contributed by atoms with Gasteiger partial charge in [-0.15, -0.1) is 0 Å². The van der Waals surface area contributed by atoms with Crippen LogP contribution in [0.15, 0.2) is 21.7 Å². The third-order valence-corrected chi connectivity index (χ3v) is 3.44. The Labute approximate surface area is 143 Å². The highest BCUT2D eigenvalue weighted by Crippen LogP contribution is 2.32. The monoisotopic (exact) mass is 385 g/mol. The van der Waals surface area contributed by atoms with Gasteiger partial charge in [-0.05, 0) is 34.0 Å². The quantitative estimate of drug-likeness (QED) is 0.443. The molecule has 0 bridgehead atoms. The van der Waals surface area contributed by atoms with E-state index in [1.165, 1.54) is 20.4 Å². The van der Waals surface area contributed by atoms with Gasteiger partial charge in [-0.25, -0.2) is 5.43 Å². The van der Waals surface area contributed by atoms with Crippen LogP contribution in [0.25, 0.3) is 0 Å². The molecule has 2 N–H and O–H groups in total. The first-order valence-electron chi connectivity index (χ1n) is 6.91.